The van der Waals surface area contributed by atoms with Gasteiger partial charge < -0.3 is 0 Å². The predicted molar refractivity (Wildman–Crippen MR) is 76.3 cm³/mol. The lowest BCUT2D eigenvalue weighted by molar-refractivity contribution is 0.600. The third kappa shape index (κ3) is 5.55. The van der Waals surface area contributed by atoms with Crippen molar-refractivity contribution in [2.75, 3.05) is 15.8 Å². The topological polar surface area (TPSA) is 46.2 Å². The fourth-order valence-corrected chi connectivity index (χ4v) is 2.97. The first kappa shape index (κ1) is 14.5. The van der Waals surface area contributed by atoms with Gasteiger partial charge in [-0.3, -0.25) is 4.72 Å². The van der Waals surface area contributed by atoms with Gasteiger partial charge in [0.2, 0.25) is 10.0 Å². The lowest BCUT2D eigenvalue weighted by Crippen LogP contribution is -2.16. The Morgan fingerprint density at radius 3 is 2.76 bits per heavy atom. The van der Waals surface area contributed by atoms with E-state index in [2.05, 4.69) is 20.7 Å². The average molecular weight is 320 g/mol. The molecule has 0 fully saturated rings. The molecule has 3 nitrogen and oxygen atoms in total. The van der Waals surface area contributed by atoms with Crippen LogP contribution in [-0.4, -0.2) is 19.5 Å². The van der Waals surface area contributed by atoms with Crippen molar-refractivity contribution in [2.24, 2.45) is 0 Å². The SMILES string of the molecule is CCCS(=O)(=O)Nc1cccc(CCCBr)c1. The van der Waals surface area contributed by atoms with Gasteiger partial charge in [-0.05, 0) is 37.0 Å². The molecule has 1 rings (SSSR count). The molecule has 0 bridgehead atoms. The van der Waals surface area contributed by atoms with Crippen LogP contribution in [0.4, 0.5) is 5.69 Å². The van der Waals surface area contributed by atoms with Crippen molar-refractivity contribution < 1.29 is 8.42 Å². The van der Waals surface area contributed by atoms with Crippen molar-refractivity contribution in [3.8, 4) is 0 Å². The summed E-state index contributed by atoms with van der Waals surface area (Å²) >= 11 is 3.38. The van der Waals surface area contributed by atoms with E-state index in [-0.39, 0.29) is 5.75 Å². The molecule has 0 atom stereocenters. The zero-order chi connectivity index (χ0) is 12.7. The highest BCUT2D eigenvalue weighted by molar-refractivity contribution is 9.09. The first-order valence-corrected chi connectivity index (χ1v) is 8.50. The van der Waals surface area contributed by atoms with Crippen LogP contribution in [0, 0.1) is 0 Å². The Labute approximate surface area is 112 Å². The third-order valence-corrected chi connectivity index (χ3v) is 4.33. The monoisotopic (exact) mass is 319 g/mol. The summed E-state index contributed by atoms with van der Waals surface area (Å²) in [5, 5.41) is 0.957. The van der Waals surface area contributed by atoms with Gasteiger partial charge in [-0.1, -0.05) is 35.0 Å². The van der Waals surface area contributed by atoms with Crippen molar-refractivity contribution in [2.45, 2.75) is 26.2 Å². The van der Waals surface area contributed by atoms with Crippen LogP contribution >= 0.6 is 15.9 Å². The molecule has 5 heteroatoms. The van der Waals surface area contributed by atoms with Gasteiger partial charge in [-0.2, -0.15) is 0 Å². The molecular weight excluding hydrogens is 302 g/mol. The van der Waals surface area contributed by atoms with Crippen LogP contribution in [-0.2, 0) is 16.4 Å². The average Bonchev–Trinajstić information content (AvgIpc) is 2.26. The molecule has 0 saturated carbocycles. The molecule has 0 spiro atoms. The molecule has 0 aliphatic heterocycles. The van der Waals surface area contributed by atoms with Gasteiger partial charge in [0.15, 0.2) is 0 Å². The number of anilines is 1. The number of aryl methyl sites for hydroxylation is 1. The Bertz CT molecular complexity index is 446. The summed E-state index contributed by atoms with van der Waals surface area (Å²) in [6, 6.07) is 7.58. The molecule has 0 heterocycles. The summed E-state index contributed by atoms with van der Waals surface area (Å²) in [4.78, 5) is 0. The van der Waals surface area contributed by atoms with Crippen LogP contribution in [0.3, 0.4) is 0 Å². The fourth-order valence-electron chi connectivity index (χ4n) is 1.56. The highest BCUT2D eigenvalue weighted by atomic mass is 79.9. The summed E-state index contributed by atoms with van der Waals surface area (Å²) in [7, 11) is -3.18. The Balaban J connectivity index is 2.71. The highest BCUT2D eigenvalue weighted by Gasteiger charge is 2.08. The molecule has 0 saturated heterocycles. The van der Waals surface area contributed by atoms with Crippen molar-refractivity contribution >= 4 is 31.6 Å². The second-order valence-electron chi connectivity index (χ2n) is 3.91. The molecule has 0 aliphatic carbocycles. The lowest BCUT2D eigenvalue weighted by Gasteiger charge is -2.08. The molecule has 1 aromatic carbocycles. The van der Waals surface area contributed by atoms with E-state index in [0.29, 0.717) is 12.1 Å². The number of hydrogen-bond acceptors (Lipinski definition) is 2. The van der Waals surface area contributed by atoms with E-state index in [0.717, 1.165) is 23.7 Å². The Morgan fingerprint density at radius 1 is 1.35 bits per heavy atom. The molecular formula is C12H18BrNO2S. The normalized spacial score (nSPS) is 11.4. The number of rotatable bonds is 7. The van der Waals surface area contributed by atoms with E-state index in [1.54, 1.807) is 6.07 Å². The Kier molecular flexibility index (Phi) is 5.98. The van der Waals surface area contributed by atoms with Gasteiger partial charge in [0.1, 0.15) is 0 Å². The molecule has 0 radical (unpaired) electrons. The predicted octanol–water partition coefficient (Wildman–Crippen LogP) is 3.17. The molecule has 0 aliphatic rings. The summed E-state index contributed by atoms with van der Waals surface area (Å²) in [5.41, 5.74) is 1.81. The molecule has 96 valence electrons. The standard InChI is InChI=1S/C12H18BrNO2S/c1-2-9-17(15,16)14-12-7-3-5-11(10-12)6-4-8-13/h3,5,7,10,14H,2,4,6,8-9H2,1H3. The van der Waals surface area contributed by atoms with Crippen molar-refractivity contribution in [3.63, 3.8) is 0 Å². The number of sulfonamides is 1. The van der Waals surface area contributed by atoms with E-state index < -0.39 is 10.0 Å². The largest absolute Gasteiger partial charge is 0.284 e. The highest BCUT2D eigenvalue weighted by Crippen LogP contribution is 2.14. The first-order valence-electron chi connectivity index (χ1n) is 5.73. The van der Waals surface area contributed by atoms with Gasteiger partial charge in [-0.25, -0.2) is 8.42 Å². The van der Waals surface area contributed by atoms with Gasteiger partial charge >= 0.3 is 0 Å². The van der Waals surface area contributed by atoms with Crippen LogP contribution in [0.25, 0.3) is 0 Å². The van der Waals surface area contributed by atoms with E-state index in [9.17, 15) is 8.42 Å². The minimum absolute atomic E-state index is 0.165. The maximum Gasteiger partial charge on any atom is 0.232 e. The molecule has 17 heavy (non-hydrogen) atoms. The third-order valence-electron chi connectivity index (χ3n) is 2.27. The summed E-state index contributed by atoms with van der Waals surface area (Å²) in [6.45, 7) is 1.85. The van der Waals surface area contributed by atoms with Gasteiger partial charge in [0.25, 0.3) is 0 Å². The molecule has 1 N–H and O–H groups in total. The van der Waals surface area contributed by atoms with E-state index in [1.165, 1.54) is 0 Å². The fraction of sp³-hybridized carbons (Fsp3) is 0.500. The van der Waals surface area contributed by atoms with E-state index in [1.807, 2.05) is 25.1 Å². The summed E-state index contributed by atoms with van der Waals surface area (Å²) in [6.07, 6.45) is 2.62. The quantitative estimate of drug-likeness (QED) is 0.785. The van der Waals surface area contributed by atoms with Crippen LogP contribution < -0.4 is 4.72 Å². The molecule has 1 aromatic rings. The zero-order valence-corrected chi connectivity index (χ0v) is 12.4. The first-order chi connectivity index (χ1) is 8.07. The van der Waals surface area contributed by atoms with Crippen molar-refractivity contribution in [1.82, 2.24) is 0 Å². The van der Waals surface area contributed by atoms with E-state index >= 15 is 0 Å². The van der Waals surface area contributed by atoms with E-state index in [4.69, 9.17) is 0 Å². The van der Waals surface area contributed by atoms with Crippen molar-refractivity contribution in [3.05, 3.63) is 29.8 Å². The Morgan fingerprint density at radius 2 is 2.12 bits per heavy atom. The maximum atomic E-state index is 11.6. The minimum atomic E-state index is -3.18. The maximum absolute atomic E-state index is 11.6. The smallest absolute Gasteiger partial charge is 0.232 e. The number of alkyl halides is 1. The minimum Gasteiger partial charge on any atom is -0.284 e. The van der Waals surface area contributed by atoms with Gasteiger partial charge in [0, 0.05) is 11.0 Å². The van der Waals surface area contributed by atoms with Crippen LogP contribution in [0.5, 0.6) is 0 Å². The lowest BCUT2D eigenvalue weighted by atomic mass is 10.1. The number of hydrogen-bond donors (Lipinski definition) is 1. The summed E-state index contributed by atoms with van der Waals surface area (Å²) in [5.74, 6) is 0.165. The van der Waals surface area contributed by atoms with Crippen LogP contribution in [0.15, 0.2) is 24.3 Å². The zero-order valence-electron chi connectivity index (χ0n) is 9.95. The second kappa shape index (κ2) is 7.01. The van der Waals surface area contributed by atoms with Crippen LogP contribution in [0.2, 0.25) is 0 Å². The number of benzene rings is 1. The number of halogens is 1. The second-order valence-corrected chi connectivity index (χ2v) is 6.55. The molecule has 0 amide bonds. The Hall–Kier alpha value is -0.550. The summed E-state index contributed by atoms with van der Waals surface area (Å²) < 4.78 is 25.8. The van der Waals surface area contributed by atoms with Crippen molar-refractivity contribution in [1.29, 1.82) is 0 Å². The van der Waals surface area contributed by atoms with Crippen LogP contribution in [0.1, 0.15) is 25.3 Å². The molecule has 0 unspecified atom stereocenters. The van der Waals surface area contributed by atoms with Gasteiger partial charge in [-0.15, -0.1) is 0 Å². The van der Waals surface area contributed by atoms with Gasteiger partial charge in [0.05, 0.1) is 5.75 Å². The molecule has 0 aromatic heterocycles. The number of nitrogens with one attached hydrogen (secondary N) is 1.